The molecule has 30 heavy (non-hydrogen) atoms. The number of amides is 2. The van der Waals surface area contributed by atoms with Gasteiger partial charge in [0.15, 0.2) is 0 Å². The van der Waals surface area contributed by atoms with Gasteiger partial charge in [0.1, 0.15) is 30.0 Å². The summed E-state index contributed by atoms with van der Waals surface area (Å²) in [5.41, 5.74) is -0.0558. The van der Waals surface area contributed by atoms with E-state index in [1.54, 1.807) is 32.6 Å². The number of likely N-dealkylation sites (tertiary alicyclic amines) is 1. The summed E-state index contributed by atoms with van der Waals surface area (Å²) in [6.07, 6.45) is 2.40. The number of ether oxygens (including phenoxy) is 2. The first kappa shape index (κ1) is 23.3. The number of nitriles is 1. The van der Waals surface area contributed by atoms with Crippen LogP contribution in [-0.2, 0) is 19.1 Å². The number of hydrogen-bond acceptors (Lipinski definition) is 7. The number of hydrogen-bond donors (Lipinski definition) is 1. The predicted molar refractivity (Wildman–Crippen MR) is 107 cm³/mol. The van der Waals surface area contributed by atoms with E-state index in [1.165, 1.54) is 18.3 Å². The second-order valence-electron chi connectivity index (χ2n) is 8.16. The minimum atomic E-state index is -0.714. The number of carbonyl (C=O) groups excluding carboxylic acids is 3. The molecule has 0 unspecified atom stereocenters. The number of nitrogens with zero attached hydrogens (tertiary/aromatic N) is 3. The number of rotatable bonds is 6. The fourth-order valence-electron chi connectivity index (χ4n) is 3.00. The maximum Gasteiger partial charge on any atom is 0.332 e. The van der Waals surface area contributed by atoms with Crippen molar-refractivity contribution in [3.63, 3.8) is 0 Å². The number of carbonyl (C=O) groups is 3. The zero-order valence-corrected chi connectivity index (χ0v) is 17.8. The van der Waals surface area contributed by atoms with Crippen LogP contribution < -0.4 is 5.32 Å². The summed E-state index contributed by atoms with van der Waals surface area (Å²) in [5.74, 6) is -1.08. The Morgan fingerprint density at radius 3 is 2.50 bits per heavy atom. The second-order valence-corrected chi connectivity index (χ2v) is 8.16. The van der Waals surface area contributed by atoms with Crippen LogP contribution in [0.2, 0.25) is 0 Å². The molecule has 1 N–H and O–H groups in total. The zero-order valence-electron chi connectivity index (χ0n) is 17.8. The molecule has 2 amide bonds. The van der Waals surface area contributed by atoms with E-state index >= 15 is 0 Å². The maximum absolute atomic E-state index is 12.6. The van der Waals surface area contributed by atoms with E-state index in [0.717, 1.165) is 0 Å². The first-order chi connectivity index (χ1) is 14.1. The van der Waals surface area contributed by atoms with E-state index in [1.807, 2.05) is 6.07 Å². The van der Waals surface area contributed by atoms with Crippen molar-refractivity contribution in [2.75, 3.05) is 19.7 Å². The Morgan fingerprint density at radius 1 is 1.30 bits per heavy atom. The van der Waals surface area contributed by atoms with Gasteiger partial charge in [-0.15, -0.1) is 0 Å². The third-order valence-electron chi connectivity index (χ3n) is 4.45. The monoisotopic (exact) mass is 416 g/mol. The van der Waals surface area contributed by atoms with Crippen molar-refractivity contribution in [3.05, 3.63) is 29.6 Å². The average molecular weight is 416 g/mol. The molecule has 1 aliphatic rings. The fraction of sp³-hybridized carbons (Fsp3) is 0.571. The van der Waals surface area contributed by atoms with Gasteiger partial charge in [-0.3, -0.25) is 9.59 Å². The number of pyridine rings is 1. The second kappa shape index (κ2) is 10.2. The molecule has 0 radical (unpaired) electrons. The van der Waals surface area contributed by atoms with Crippen molar-refractivity contribution < 1.29 is 23.9 Å². The summed E-state index contributed by atoms with van der Waals surface area (Å²) in [5, 5.41) is 11.4. The summed E-state index contributed by atoms with van der Waals surface area (Å²) < 4.78 is 10.8. The van der Waals surface area contributed by atoms with Crippen molar-refractivity contribution in [2.24, 2.45) is 0 Å². The van der Waals surface area contributed by atoms with Gasteiger partial charge in [-0.25, -0.2) is 9.78 Å². The van der Waals surface area contributed by atoms with E-state index in [9.17, 15) is 14.4 Å². The van der Waals surface area contributed by atoms with Gasteiger partial charge in [-0.05, 0) is 52.7 Å². The molecule has 162 valence electrons. The van der Waals surface area contributed by atoms with Crippen molar-refractivity contribution >= 4 is 17.8 Å². The van der Waals surface area contributed by atoms with Crippen molar-refractivity contribution in [1.82, 2.24) is 15.2 Å². The summed E-state index contributed by atoms with van der Waals surface area (Å²) in [4.78, 5) is 42.2. The predicted octanol–water partition coefficient (Wildman–Crippen LogP) is 1.42. The summed E-state index contributed by atoms with van der Waals surface area (Å²) in [6.45, 7) is 7.86. The summed E-state index contributed by atoms with van der Waals surface area (Å²) >= 11 is 0. The van der Waals surface area contributed by atoms with E-state index in [-0.39, 0.29) is 24.3 Å². The third kappa shape index (κ3) is 7.12. The largest absolute Gasteiger partial charge is 0.458 e. The maximum atomic E-state index is 12.6. The Morgan fingerprint density at radius 2 is 1.97 bits per heavy atom. The van der Waals surface area contributed by atoms with Gasteiger partial charge >= 0.3 is 5.97 Å². The van der Waals surface area contributed by atoms with Gasteiger partial charge in [0.05, 0.1) is 11.7 Å². The van der Waals surface area contributed by atoms with Gasteiger partial charge in [-0.1, -0.05) is 0 Å². The summed E-state index contributed by atoms with van der Waals surface area (Å²) in [7, 11) is 0. The number of nitrogens with one attached hydrogen (secondary N) is 1. The zero-order chi connectivity index (χ0) is 22.3. The number of aromatic nitrogens is 1. The topological polar surface area (TPSA) is 122 Å². The van der Waals surface area contributed by atoms with Gasteiger partial charge in [0.2, 0.25) is 5.91 Å². The van der Waals surface area contributed by atoms with E-state index in [0.29, 0.717) is 31.5 Å². The highest BCUT2D eigenvalue weighted by Gasteiger charge is 2.28. The molecule has 0 saturated carbocycles. The molecule has 9 nitrogen and oxygen atoms in total. The number of piperidine rings is 1. The molecule has 9 heteroatoms. The molecular formula is C21H28N4O5. The van der Waals surface area contributed by atoms with Crippen LogP contribution in [0.4, 0.5) is 0 Å². The molecule has 2 heterocycles. The molecule has 0 aromatic carbocycles. The van der Waals surface area contributed by atoms with Crippen molar-refractivity contribution in [3.8, 4) is 6.07 Å². The first-order valence-corrected chi connectivity index (χ1v) is 9.88. The smallest absolute Gasteiger partial charge is 0.332 e. The molecule has 2 rings (SSSR count). The Balaban J connectivity index is 1.76. The minimum Gasteiger partial charge on any atom is -0.458 e. The van der Waals surface area contributed by atoms with Crippen LogP contribution in [0, 0.1) is 11.3 Å². The molecule has 1 aromatic heterocycles. The number of esters is 1. The van der Waals surface area contributed by atoms with Crippen molar-refractivity contribution in [1.29, 1.82) is 5.26 Å². The Bertz CT molecular complexity index is 802. The molecule has 1 aliphatic heterocycles. The third-order valence-corrected chi connectivity index (χ3v) is 4.45. The highest BCUT2D eigenvalue weighted by Crippen LogP contribution is 2.15. The lowest BCUT2D eigenvalue weighted by atomic mass is 10.1. The molecular weight excluding hydrogens is 388 g/mol. The quantitative estimate of drug-likeness (QED) is 0.696. The Labute approximate surface area is 176 Å². The normalized spacial score (nSPS) is 15.8. The van der Waals surface area contributed by atoms with E-state index in [2.05, 4.69) is 10.3 Å². The lowest BCUT2D eigenvalue weighted by Crippen LogP contribution is -2.50. The lowest BCUT2D eigenvalue weighted by molar-refractivity contribution is -0.163. The standard InChI is InChI=1S/C21H28N4O5/c1-14(24-19(27)17-6-5-15(11-22)12-23-17)20(28)25-9-7-16(8-10-25)29-13-18(26)30-21(2,3)4/h5-6,12,14,16H,7-10,13H2,1-4H3,(H,24,27)/t14-/m0/s1. The Kier molecular flexibility index (Phi) is 7.89. The van der Waals surface area contributed by atoms with Crippen LogP contribution >= 0.6 is 0 Å². The lowest BCUT2D eigenvalue weighted by Gasteiger charge is -2.33. The molecule has 0 bridgehead atoms. The van der Waals surface area contributed by atoms with Crippen molar-refractivity contribution in [2.45, 2.75) is 58.3 Å². The van der Waals surface area contributed by atoms with Gasteiger partial charge < -0.3 is 19.7 Å². The van der Waals surface area contributed by atoms with Crippen LogP contribution in [-0.4, -0.2) is 65.1 Å². The van der Waals surface area contributed by atoms with E-state index < -0.39 is 23.5 Å². The fourth-order valence-corrected chi connectivity index (χ4v) is 3.00. The average Bonchev–Trinajstić information content (AvgIpc) is 2.70. The Hall–Kier alpha value is -2.99. The minimum absolute atomic E-state index is 0.111. The summed E-state index contributed by atoms with van der Waals surface area (Å²) in [6, 6.07) is 4.16. The first-order valence-electron chi connectivity index (χ1n) is 9.88. The molecule has 1 saturated heterocycles. The van der Waals surface area contributed by atoms with Crippen LogP contribution in [0.1, 0.15) is 56.6 Å². The SMILES string of the molecule is C[C@H](NC(=O)c1ccc(C#N)cn1)C(=O)N1CCC(OCC(=O)OC(C)(C)C)CC1. The van der Waals surface area contributed by atoms with Crippen LogP contribution in [0.15, 0.2) is 18.3 Å². The van der Waals surface area contributed by atoms with Gasteiger partial charge in [-0.2, -0.15) is 5.26 Å². The molecule has 1 aromatic rings. The van der Waals surface area contributed by atoms with Gasteiger partial charge in [0, 0.05) is 19.3 Å². The molecule has 0 aliphatic carbocycles. The highest BCUT2D eigenvalue weighted by atomic mass is 16.6. The van der Waals surface area contributed by atoms with E-state index in [4.69, 9.17) is 14.7 Å². The van der Waals surface area contributed by atoms with Crippen LogP contribution in [0.25, 0.3) is 0 Å². The van der Waals surface area contributed by atoms with Crippen LogP contribution in [0.5, 0.6) is 0 Å². The molecule has 1 fully saturated rings. The highest BCUT2D eigenvalue weighted by molar-refractivity contribution is 5.96. The van der Waals surface area contributed by atoms with Crippen LogP contribution in [0.3, 0.4) is 0 Å². The molecule has 1 atom stereocenters. The molecule has 0 spiro atoms. The van der Waals surface area contributed by atoms with Gasteiger partial charge in [0.25, 0.3) is 5.91 Å².